The smallest absolute Gasteiger partial charge is 0.257 e. The molecule has 148 valence electrons. The molecular formula is C23H30N4O. The highest BCUT2D eigenvalue weighted by molar-refractivity contribution is 6.04. The van der Waals surface area contributed by atoms with Crippen LogP contribution in [0.5, 0.6) is 0 Å². The molecule has 5 heteroatoms. The fourth-order valence-electron chi connectivity index (χ4n) is 4.35. The lowest BCUT2D eigenvalue weighted by molar-refractivity contribution is 0.102. The largest absolute Gasteiger partial charge is 0.372 e. The molecule has 0 radical (unpaired) electrons. The minimum atomic E-state index is -0.112. The van der Waals surface area contributed by atoms with Crippen LogP contribution in [0.15, 0.2) is 42.6 Å². The zero-order valence-corrected chi connectivity index (χ0v) is 16.7. The monoisotopic (exact) mass is 378 g/mol. The van der Waals surface area contributed by atoms with Crippen LogP contribution in [0.3, 0.4) is 0 Å². The van der Waals surface area contributed by atoms with Gasteiger partial charge in [0.05, 0.1) is 5.56 Å². The number of hydrogen-bond donors (Lipinski definition) is 1. The number of pyridine rings is 1. The van der Waals surface area contributed by atoms with Crippen LogP contribution in [0.1, 0.15) is 55.8 Å². The van der Waals surface area contributed by atoms with E-state index in [4.69, 9.17) is 0 Å². The summed E-state index contributed by atoms with van der Waals surface area (Å²) >= 11 is 0. The van der Waals surface area contributed by atoms with E-state index in [1.807, 2.05) is 24.3 Å². The van der Waals surface area contributed by atoms with Crippen molar-refractivity contribution in [3.8, 4) is 0 Å². The molecule has 2 saturated heterocycles. The molecule has 4 rings (SSSR count). The van der Waals surface area contributed by atoms with Crippen molar-refractivity contribution < 1.29 is 4.79 Å². The summed E-state index contributed by atoms with van der Waals surface area (Å²) in [5.41, 5.74) is 2.64. The molecule has 2 aromatic rings. The Morgan fingerprint density at radius 2 is 1.79 bits per heavy atom. The molecule has 1 atom stereocenters. The van der Waals surface area contributed by atoms with Crippen molar-refractivity contribution in [1.82, 2.24) is 4.98 Å². The first kappa shape index (κ1) is 18.8. The second-order valence-corrected chi connectivity index (χ2v) is 7.85. The van der Waals surface area contributed by atoms with Gasteiger partial charge in [-0.1, -0.05) is 6.92 Å². The molecule has 1 aromatic heterocycles. The number of aromatic nitrogens is 1. The molecule has 1 amide bonds. The van der Waals surface area contributed by atoms with E-state index >= 15 is 0 Å². The van der Waals surface area contributed by atoms with Crippen molar-refractivity contribution in [2.45, 2.75) is 51.5 Å². The number of hydrogen-bond acceptors (Lipinski definition) is 4. The Bertz CT molecular complexity index is 781. The normalized spacial score (nSPS) is 19.7. The molecule has 0 spiro atoms. The fourth-order valence-corrected chi connectivity index (χ4v) is 4.35. The van der Waals surface area contributed by atoms with Gasteiger partial charge in [0.2, 0.25) is 0 Å². The van der Waals surface area contributed by atoms with Crippen LogP contribution in [0.2, 0.25) is 0 Å². The van der Waals surface area contributed by atoms with Gasteiger partial charge in [0.15, 0.2) is 0 Å². The maximum Gasteiger partial charge on any atom is 0.257 e. The van der Waals surface area contributed by atoms with Gasteiger partial charge in [0, 0.05) is 43.2 Å². The lowest BCUT2D eigenvalue weighted by atomic mass is 10.00. The number of rotatable bonds is 5. The number of nitrogens with zero attached hydrogens (tertiary/aromatic N) is 3. The Morgan fingerprint density at radius 3 is 2.46 bits per heavy atom. The Morgan fingerprint density at radius 1 is 1.04 bits per heavy atom. The lowest BCUT2D eigenvalue weighted by Crippen LogP contribution is -2.39. The maximum atomic E-state index is 12.6. The van der Waals surface area contributed by atoms with Crippen molar-refractivity contribution >= 4 is 23.1 Å². The number of nitrogens with one attached hydrogen (secondary N) is 1. The van der Waals surface area contributed by atoms with E-state index in [2.05, 4.69) is 39.2 Å². The standard InChI is InChI=1S/C23H30N4O/c1-2-20-7-3-4-16-27(20)22-13-8-18(17-24-22)23(28)25-19-9-11-21(12-10-19)26-14-5-6-15-26/h8-13,17,20H,2-7,14-16H2,1H3,(H,25,28). The third-order valence-corrected chi connectivity index (χ3v) is 6.00. The van der Waals surface area contributed by atoms with Gasteiger partial charge in [-0.25, -0.2) is 4.98 Å². The van der Waals surface area contributed by atoms with E-state index in [1.165, 1.54) is 37.8 Å². The zero-order valence-electron chi connectivity index (χ0n) is 16.7. The molecule has 0 aliphatic carbocycles. The molecule has 2 fully saturated rings. The average Bonchev–Trinajstić information content (AvgIpc) is 3.29. The molecule has 0 saturated carbocycles. The van der Waals surface area contributed by atoms with E-state index in [9.17, 15) is 4.79 Å². The summed E-state index contributed by atoms with van der Waals surface area (Å²) in [5, 5.41) is 2.98. The van der Waals surface area contributed by atoms with Gasteiger partial charge in [-0.15, -0.1) is 0 Å². The molecule has 3 heterocycles. The highest BCUT2D eigenvalue weighted by Gasteiger charge is 2.22. The van der Waals surface area contributed by atoms with E-state index in [1.54, 1.807) is 6.20 Å². The Kier molecular flexibility index (Phi) is 5.79. The number of piperidine rings is 1. The summed E-state index contributed by atoms with van der Waals surface area (Å²) in [5.74, 6) is 0.872. The third kappa shape index (κ3) is 4.13. The Hall–Kier alpha value is -2.56. The Balaban J connectivity index is 1.39. The number of benzene rings is 1. The lowest BCUT2D eigenvalue weighted by Gasteiger charge is -2.36. The van der Waals surface area contributed by atoms with Crippen molar-refractivity contribution in [1.29, 1.82) is 0 Å². The predicted octanol–water partition coefficient (Wildman–Crippen LogP) is 4.70. The van der Waals surface area contributed by atoms with Crippen molar-refractivity contribution in [3.05, 3.63) is 48.2 Å². The number of amides is 1. The molecule has 5 nitrogen and oxygen atoms in total. The van der Waals surface area contributed by atoms with E-state index in [0.29, 0.717) is 11.6 Å². The van der Waals surface area contributed by atoms with Crippen LogP contribution >= 0.6 is 0 Å². The minimum absolute atomic E-state index is 0.112. The van der Waals surface area contributed by atoms with Gasteiger partial charge in [-0.3, -0.25) is 4.79 Å². The van der Waals surface area contributed by atoms with Gasteiger partial charge >= 0.3 is 0 Å². The first-order valence-corrected chi connectivity index (χ1v) is 10.6. The van der Waals surface area contributed by atoms with Gasteiger partial charge in [-0.2, -0.15) is 0 Å². The molecule has 1 N–H and O–H groups in total. The number of carbonyl (C=O) groups is 1. The summed E-state index contributed by atoms with van der Waals surface area (Å²) in [4.78, 5) is 22.0. The summed E-state index contributed by atoms with van der Waals surface area (Å²) in [6.45, 7) is 5.54. The van der Waals surface area contributed by atoms with Crippen LogP contribution in [0.4, 0.5) is 17.2 Å². The van der Waals surface area contributed by atoms with Crippen LogP contribution < -0.4 is 15.1 Å². The van der Waals surface area contributed by atoms with Gasteiger partial charge < -0.3 is 15.1 Å². The van der Waals surface area contributed by atoms with Gasteiger partial charge in [0.1, 0.15) is 5.82 Å². The number of carbonyl (C=O) groups excluding carboxylic acids is 1. The second-order valence-electron chi connectivity index (χ2n) is 7.85. The van der Waals surface area contributed by atoms with Crippen molar-refractivity contribution in [2.75, 3.05) is 34.8 Å². The van der Waals surface area contributed by atoms with Crippen molar-refractivity contribution in [3.63, 3.8) is 0 Å². The first-order valence-electron chi connectivity index (χ1n) is 10.6. The first-order chi connectivity index (χ1) is 13.7. The zero-order chi connectivity index (χ0) is 19.3. The fraction of sp³-hybridized carbons (Fsp3) is 0.478. The summed E-state index contributed by atoms with van der Waals surface area (Å²) in [6, 6.07) is 12.6. The van der Waals surface area contributed by atoms with Crippen LogP contribution in [0, 0.1) is 0 Å². The van der Waals surface area contributed by atoms with E-state index < -0.39 is 0 Å². The van der Waals surface area contributed by atoms with Crippen LogP contribution in [-0.4, -0.2) is 36.6 Å². The molecule has 1 unspecified atom stereocenters. The van der Waals surface area contributed by atoms with Gasteiger partial charge in [0.25, 0.3) is 5.91 Å². The van der Waals surface area contributed by atoms with Crippen LogP contribution in [-0.2, 0) is 0 Å². The highest BCUT2D eigenvalue weighted by atomic mass is 16.1. The SMILES string of the molecule is CCC1CCCCN1c1ccc(C(=O)Nc2ccc(N3CCCC3)cc2)cn1. The maximum absolute atomic E-state index is 12.6. The molecule has 1 aromatic carbocycles. The summed E-state index contributed by atoms with van der Waals surface area (Å²) in [7, 11) is 0. The molecule has 2 aliphatic heterocycles. The van der Waals surface area contributed by atoms with Crippen molar-refractivity contribution in [2.24, 2.45) is 0 Å². The van der Waals surface area contributed by atoms with E-state index in [0.717, 1.165) is 37.6 Å². The second kappa shape index (κ2) is 8.63. The third-order valence-electron chi connectivity index (χ3n) is 6.00. The minimum Gasteiger partial charge on any atom is -0.372 e. The predicted molar refractivity (Wildman–Crippen MR) is 115 cm³/mol. The molecule has 0 bridgehead atoms. The van der Waals surface area contributed by atoms with Gasteiger partial charge in [-0.05, 0) is 74.9 Å². The average molecular weight is 379 g/mol. The summed E-state index contributed by atoms with van der Waals surface area (Å²) < 4.78 is 0. The summed E-state index contributed by atoms with van der Waals surface area (Å²) in [6.07, 6.45) is 9.10. The molecular weight excluding hydrogens is 348 g/mol. The quantitative estimate of drug-likeness (QED) is 0.819. The van der Waals surface area contributed by atoms with E-state index in [-0.39, 0.29) is 5.91 Å². The molecule has 28 heavy (non-hydrogen) atoms. The highest BCUT2D eigenvalue weighted by Crippen LogP contribution is 2.25. The topological polar surface area (TPSA) is 48.5 Å². The molecule has 2 aliphatic rings. The number of anilines is 3. The van der Waals surface area contributed by atoms with Crippen LogP contribution in [0.25, 0.3) is 0 Å². The Labute approximate surface area is 167 Å².